The number of aromatic nitrogens is 2. The fourth-order valence-corrected chi connectivity index (χ4v) is 2.93. The molecule has 0 saturated heterocycles. The maximum Gasteiger partial charge on any atom is 0.279 e. The normalized spacial score (nSPS) is 10.6. The third-order valence-corrected chi connectivity index (χ3v) is 4.45. The molecule has 1 aromatic heterocycles. The van der Waals surface area contributed by atoms with E-state index < -0.39 is 5.91 Å². The van der Waals surface area contributed by atoms with E-state index in [0.29, 0.717) is 39.8 Å². The first-order valence-electron chi connectivity index (χ1n) is 9.37. The number of halogens is 1. The molecule has 0 spiro atoms. The highest BCUT2D eigenvalue weighted by Crippen LogP contribution is 2.25. The van der Waals surface area contributed by atoms with E-state index in [4.69, 9.17) is 21.1 Å². The number of fused-ring (bicyclic) bond motifs is 1. The lowest BCUT2D eigenvalue weighted by atomic mass is 10.2. The van der Waals surface area contributed by atoms with Gasteiger partial charge in [-0.2, -0.15) is 0 Å². The lowest BCUT2D eigenvalue weighted by Crippen LogP contribution is -2.16. The summed E-state index contributed by atoms with van der Waals surface area (Å²) in [5.41, 5.74) is 2.02. The van der Waals surface area contributed by atoms with Crippen LogP contribution in [-0.2, 0) is 0 Å². The number of hydrogen-bond acceptors (Lipinski definition) is 5. The molecule has 0 bridgehead atoms. The van der Waals surface area contributed by atoms with Crippen LogP contribution >= 0.6 is 11.6 Å². The number of anilines is 1. The highest BCUT2D eigenvalue weighted by atomic mass is 35.5. The molecule has 4 rings (SSSR count). The number of nitrogens with one attached hydrogen (secondary N) is 1. The van der Waals surface area contributed by atoms with Gasteiger partial charge in [-0.25, -0.2) is 9.97 Å². The molecule has 0 radical (unpaired) electrons. The summed E-state index contributed by atoms with van der Waals surface area (Å²) in [5, 5.41) is 3.47. The Morgan fingerprint density at radius 3 is 2.13 bits per heavy atom. The van der Waals surface area contributed by atoms with E-state index in [2.05, 4.69) is 15.3 Å². The minimum atomic E-state index is -0.400. The standard InChI is InChI=1S/C23H18ClN3O3/c1-2-29-23-21(26-19-5-3-4-6-20(19)27-23)22(28)25-16-9-13-18(14-10-16)30-17-11-7-15(24)8-12-17/h3-14H,2H2,1H3,(H,25,28). The SMILES string of the molecule is CCOc1nc2ccccc2nc1C(=O)Nc1ccc(Oc2ccc(Cl)cc2)cc1. The number of hydrogen-bond donors (Lipinski definition) is 1. The molecule has 1 N–H and O–H groups in total. The Morgan fingerprint density at radius 1 is 0.900 bits per heavy atom. The van der Waals surface area contributed by atoms with E-state index in [1.165, 1.54) is 0 Å². The Balaban J connectivity index is 1.52. The number of benzene rings is 3. The number of rotatable bonds is 6. The largest absolute Gasteiger partial charge is 0.476 e. The predicted molar refractivity (Wildman–Crippen MR) is 117 cm³/mol. The van der Waals surface area contributed by atoms with Gasteiger partial charge < -0.3 is 14.8 Å². The smallest absolute Gasteiger partial charge is 0.279 e. The lowest BCUT2D eigenvalue weighted by molar-refractivity contribution is 0.101. The van der Waals surface area contributed by atoms with E-state index >= 15 is 0 Å². The third-order valence-electron chi connectivity index (χ3n) is 4.20. The van der Waals surface area contributed by atoms with E-state index in [9.17, 15) is 4.79 Å². The Bertz CT molecular complexity index is 1180. The van der Waals surface area contributed by atoms with Gasteiger partial charge in [0.05, 0.1) is 17.6 Å². The summed E-state index contributed by atoms with van der Waals surface area (Å²) in [6.45, 7) is 2.21. The highest BCUT2D eigenvalue weighted by molar-refractivity contribution is 6.30. The van der Waals surface area contributed by atoms with Crippen molar-refractivity contribution in [3.63, 3.8) is 0 Å². The van der Waals surface area contributed by atoms with Gasteiger partial charge in [-0.05, 0) is 67.6 Å². The van der Waals surface area contributed by atoms with Gasteiger partial charge in [0.2, 0.25) is 5.88 Å². The minimum absolute atomic E-state index is 0.136. The molecule has 6 nitrogen and oxygen atoms in total. The number of para-hydroxylation sites is 2. The predicted octanol–water partition coefficient (Wildman–Crippen LogP) is 5.73. The molecule has 1 amide bonds. The number of carbonyl (C=O) groups is 1. The first kappa shape index (κ1) is 19.7. The average molecular weight is 420 g/mol. The number of carbonyl (C=O) groups excluding carboxylic acids is 1. The zero-order chi connectivity index (χ0) is 20.9. The van der Waals surface area contributed by atoms with E-state index in [1.54, 1.807) is 54.6 Å². The molecule has 150 valence electrons. The van der Waals surface area contributed by atoms with E-state index in [-0.39, 0.29) is 11.6 Å². The summed E-state index contributed by atoms with van der Waals surface area (Å²) in [6.07, 6.45) is 0. The van der Waals surface area contributed by atoms with Crippen LogP contribution in [0.25, 0.3) is 11.0 Å². The molecule has 1 heterocycles. The molecule has 0 aliphatic carbocycles. The van der Waals surface area contributed by atoms with Crippen molar-refractivity contribution in [2.45, 2.75) is 6.92 Å². The van der Waals surface area contributed by atoms with Crippen LogP contribution in [0.4, 0.5) is 5.69 Å². The van der Waals surface area contributed by atoms with Gasteiger partial charge in [-0.1, -0.05) is 23.7 Å². The van der Waals surface area contributed by atoms with Gasteiger partial charge >= 0.3 is 0 Å². The van der Waals surface area contributed by atoms with Crippen LogP contribution in [0.5, 0.6) is 17.4 Å². The molecular formula is C23H18ClN3O3. The summed E-state index contributed by atoms with van der Waals surface area (Å²) >= 11 is 5.88. The van der Waals surface area contributed by atoms with Gasteiger partial charge in [0.1, 0.15) is 11.5 Å². The van der Waals surface area contributed by atoms with E-state index in [1.807, 2.05) is 25.1 Å². The third kappa shape index (κ3) is 4.50. The maximum absolute atomic E-state index is 12.8. The van der Waals surface area contributed by atoms with Gasteiger partial charge in [0, 0.05) is 10.7 Å². The molecular weight excluding hydrogens is 402 g/mol. The van der Waals surface area contributed by atoms with Crippen molar-refractivity contribution in [3.05, 3.63) is 83.5 Å². The van der Waals surface area contributed by atoms with Crippen molar-refractivity contribution in [2.75, 3.05) is 11.9 Å². The molecule has 0 fully saturated rings. The van der Waals surface area contributed by atoms with Gasteiger partial charge in [-0.3, -0.25) is 4.79 Å². The van der Waals surface area contributed by atoms with Crippen molar-refractivity contribution < 1.29 is 14.3 Å². The first-order chi connectivity index (χ1) is 14.6. The molecule has 0 aliphatic rings. The fourth-order valence-electron chi connectivity index (χ4n) is 2.80. The Morgan fingerprint density at radius 2 is 1.50 bits per heavy atom. The maximum atomic E-state index is 12.8. The van der Waals surface area contributed by atoms with Crippen LogP contribution in [0.3, 0.4) is 0 Å². The molecule has 0 atom stereocenters. The highest BCUT2D eigenvalue weighted by Gasteiger charge is 2.18. The number of amides is 1. The zero-order valence-corrected chi connectivity index (χ0v) is 16.9. The van der Waals surface area contributed by atoms with Crippen LogP contribution in [0, 0.1) is 0 Å². The van der Waals surface area contributed by atoms with Crippen molar-refractivity contribution in [3.8, 4) is 17.4 Å². The number of ether oxygens (including phenoxy) is 2. The fraction of sp³-hybridized carbons (Fsp3) is 0.0870. The molecule has 0 unspecified atom stereocenters. The molecule has 30 heavy (non-hydrogen) atoms. The average Bonchev–Trinajstić information content (AvgIpc) is 2.76. The van der Waals surface area contributed by atoms with Crippen molar-refractivity contribution in [2.24, 2.45) is 0 Å². The second kappa shape index (κ2) is 8.80. The van der Waals surface area contributed by atoms with Crippen molar-refractivity contribution >= 4 is 34.2 Å². The molecule has 0 saturated carbocycles. The summed E-state index contributed by atoms with van der Waals surface area (Å²) < 4.78 is 11.3. The van der Waals surface area contributed by atoms with E-state index in [0.717, 1.165) is 0 Å². The van der Waals surface area contributed by atoms with Crippen molar-refractivity contribution in [1.29, 1.82) is 0 Å². The summed E-state index contributed by atoms with van der Waals surface area (Å²) in [6, 6.07) is 21.4. The van der Waals surface area contributed by atoms with Crippen LogP contribution in [0.2, 0.25) is 5.02 Å². The second-order valence-electron chi connectivity index (χ2n) is 6.33. The topological polar surface area (TPSA) is 73.3 Å². The first-order valence-corrected chi connectivity index (χ1v) is 9.74. The molecule has 7 heteroatoms. The monoisotopic (exact) mass is 419 g/mol. The molecule has 0 aliphatic heterocycles. The quantitative estimate of drug-likeness (QED) is 0.432. The summed E-state index contributed by atoms with van der Waals surface area (Å²) in [4.78, 5) is 21.7. The van der Waals surface area contributed by atoms with Gasteiger partial charge in [-0.15, -0.1) is 0 Å². The summed E-state index contributed by atoms with van der Waals surface area (Å²) in [5.74, 6) is 1.11. The van der Waals surface area contributed by atoms with Crippen LogP contribution < -0.4 is 14.8 Å². The Hall–Kier alpha value is -3.64. The summed E-state index contributed by atoms with van der Waals surface area (Å²) in [7, 11) is 0. The minimum Gasteiger partial charge on any atom is -0.476 e. The van der Waals surface area contributed by atoms with Crippen LogP contribution in [-0.4, -0.2) is 22.5 Å². The Labute approximate surface area is 178 Å². The molecule has 4 aromatic rings. The van der Waals surface area contributed by atoms with Gasteiger partial charge in [0.25, 0.3) is 5.91 Å². The Kier molecular flexibility index (Phi) is 5.77. The van der Waals surface area contributed by atoms with Crippen LogP contribution in [0.1, 0.15) is 17.4 Å². The van der Waals surface area contributed by atoms with Crippen LogP contribution in [0.15, 0.2) is 72.8 Å². The van der Waals surface area contributed by atoms with Crippen molar-refractivity contribution in [1.82, 2.24) is 9.97 Å². The lowest BCUT2D eigenvalue weighted by Gasteiger charge is -2.11. The number of nitrogens with zero attached hydrogens (tertiary/aromatic N) is 2. The second-order valence-corrected chi connectivity index (χ2v) is 6.77. The molecule has 3 aromatic carbocycles. The van der Waals surface area contributed by atoms with Gasteiger partial charge in [0.15, 0.2) is 5.69 Å². The zero-order valence-electron chi connectivity index (χ0n) is 16.1.